The zero-order valence-electron chi connectivity index (χ0n) is 27.1. The van der Waals surface area contributed by atoms with E-state index in [1.165, 1.54) is 0 Å². The van der Waals surface area contributed by atoms with Crippen molar-refractivity contribution < 1.29 is 14.4 Å². The average Bonchev–Trinajstić information content (AvgIpc) is 3.72. The second-order valence-electron chi connectivity index (χ2n) is 14.1. The van der Waals surface area contributed by atoms with Crippen molar-refractivity contribution in [3.8, 4) is 11.3 Å². The first-order chi connectivity index (χ1) is 20.9. The number of ketones is 1. The van der Waals surface area contributed by atoms with E-state index in [0.717, 1.165) is 94.9 Å². The molecule has 3 fully saturated rings. The van der Waals surface area contributed by atoms with Crippen LogP contribution in [0.15, 0.2) is 24.3 Å². The predicted molar refractivity (Wildman–Crippen MR) is 177 cm³/mol. The maximum atomic E-state index is 14.2. The lowest BCUT2D eigenvalue weighted by Gasteiger charge is -2.34. The highest BCUT2D eigenvalue weighted by molar-refractivity contribution is 7.19. The van der Waals surface area contributed by atoms with Crippen molar-refractivity contribution in [3.05, 3.63) is 45.8 Å². The largest absolute Gasteiger partial charge is 0.353 e. The van der Waals surface area contributed by atoms with Gasteiger partial charge in [-0.25, -0.2) is 0 Å². The molecule has 0 saturated carbocycles. The zero-order chi connectivity index (χ0) is 31.3. The molecule has 2 aromatic heterocycles. The lowest BCUT2D eigenvalue weighted by atomic mass is 9.88. The number of Topliss-reactive ketones (excluding diaryl/α,β-unsaturated/α-hetero) is 1. The second kappa shape index (κ2) is 12.1. The maximum absolute atomic E-state index is 14.2. The minimum Gasteiger partial charge on any atom is -0.353 e. The number of hydrogen-bond acceptors (Lipinski definition) is 6. The molecular formula is C35H47N5O3S. The highest BCUT2D eigenvalue weighted by Gasteiger charge is 2.47. The van der Waals surface area contributed by atoms with Gasteiger partial charge < -0.3 is 15.2 Å². The van der Waals surface area contributed by atoms with Crippen molar-refractivity contribution in [2.24, 2.45) is 0 Å². The first-order valence-electron chi connectivity index (χ1n) is 16.3. The van der Waals surface area contributed by atoms with E-state index in [4.69, 9.17) is 0 Å². The number of aromatic nitrogens is 1. The summed E-state index contributed by atoms with van der Waals surface area (Å²) in [6, 6.07) is 9.42. The minimum absolute atomic E-state index is 0.0457. The number of thiophene rings is 1. The Labute approximate surface area is 265 Å². The van der Waals surface area contributed by atoms with E-state index in [2.05, 4.69) is 63.1 Å². The van der Waals surface area contributed by atoms with Gasteiger partial charge in [-0.1, -0.05) is 17.2 Å². The Balaban J connectivity index is 1.27. The molecular weight excluding hydrogens is 570 g/mol. The molecule has 1 aromatic carbocycles. The van der Waals surface area contributed by atoms with Gasteiger partial charge >= 0.3 is 0 Å². The lowest BCUT2D eigenvalue weighted by molar-refractivity contribution is -0.137. The molecule has 3 aliphatic rings. The molecule has 3 aliphatic heterocycles. The van der Waals surface area contributed by atoms with Crippen LogP contribution in [-0.2, 0) is 15.0 Å². The number of carbonyl (C=O) groups excluding carboxylic acids is 3. The molecule has 236 valence electrons. The maximum Gasteiger partial charge on any atom is 0.234 e. The van der Waals surface area contributed by atoms with Crippen LogP contribution in [0.1, 0.15) is 79.7 Å². The Morgan fingerprint density at radius 2 is 1.48 bits per heavy atom. The van der Waals surface area contributed by atoms with Crippen molar-refractivity contribution in [1.82, 2.24) is 25.0 Å². The Kier molecular flexibility index (Phi) is 8.50. The van der Waals surface area contributed by atoms with Crippen LogP contribution in [0, 0.1) is 13.8 Å². The minimum atomic E-state index is -0.658. The molecule has 5 heterocycles. The fourth-order valence-corrected chi connectivity index (χ4v) is 8.71. The molecule has 9 heteroatoms. The van der Waals surface area contributed by atoms with Crippen LogP contribution in [0.25, 0.3) is 21.5 Å². The SMILES string of the molecule is Cc1cc(C)cc(-c2[nH]c3sc(C(C)(C)C(=O)N4C5CCC4CC5)cc3c2C(=O)CN2CCN(CC(=O)NC(C)C)CC2)c1. The van der Waals surface area contributed by atoms with Crippen LogP contribution in [0.4, 0.5) is 0 Å². The van der Waals surface area contributed by atoms with Crippen LogP contribution in [-0.4, -0.2) is 94.7 Å². The summed E-state index contributed by atoms with van der Waals surface area (Å²) in [5, 5.41) is 3.88. The van der Waals surface area contributed by atoms with Crippen LogP contribution in [0.2, 0.25) is 0 Å². The summed E-state index contributed by atoms with van der Waals surface area (Å²) in [6.07, 6.45) is 4.48. The number of nitrogens with one attached hydrogen (secondary N) is 2. The highest BCUT2D eigenvalue weighted by Crippen LogP contribution is 2.44. The molecule has 0 atom stereocenters. The fraction of sp³-hybridized carbons (Fsp3) is 0.571. The number of fused-ring (bicyclic) bond motifs is 3. The topological polar surface area (TPSA) is 88.8 Å². The molecule has 2 bridgehead atoms. The number of amides is 2. The molecule has 0 spiro atoms. The Bertz CT molecular complexity index is 1540. The van der Waals surface area contributed by atoms with Gasteiger partial charge in [-0.15, -0.1) is 11.3 Å². The fourth-order valence-electron chi connectivity index (χ4n) is 7.54. The molecule has 44 heavy (non-hydrogen) atoms. The number of aryl methyl sites for hydroxylation is 2. The third kappa shape index (κ3) is 5.98. The van der Waals surface area contributed by atoms with Crippen LogP contribution < -0.4 is 5.32 Å². The van der Waals surface area contributed by atoms with Crippen molar-refractivity contribution >= 4 is 39.2 Å². The lowest BCUT2D eigenvalue weighted by Crippen LogP contribution is -2.51. The Hall–Kier alpha value is -3.01. The summed E-state index contributed by atoms with van der Waals surface area (Å²) >= 11 is 1.61. The zero-order valence-corrected chi connectivity index (χ0v) is 27.9. The summed E-state index contributed by atoms with van der Waals surface area (Å²) in [7, 11) is 0. The number of piperazine rings is 1. The molecule has 8 nitrogen and oxygen atoms in total. The summed E-state index contributed by atoms with van der Waals surface area (Å²) in [5.74, 6) is 0.348. The van der Waals surface area contributed by atoms with Crippen LogP contribution in [0.3, 0.4) is 0 Å². The van der Waals surface area contributed by atoms with E-state index in [1.54, 1.807) is 11.3 Å². The molecule has 0 aliphatic carbocycles. The molecule has 2 amide bonds. The second-order valence-corrected chi connectivity index (χ2v) is 15.2. The van der Waals surface area contributed by atoms with Gasteiger partial charge in [0, 0.05) is 54.6 Å². The molecule has 0 unspecified atom stereocenters. The number of aromatic amines is 1. The molecule has 3 saturated heterocycles. The normalized spacial score (nSPS) is 21.1. The van der Waals surface area contributed by atoms with E-state index in [1.807, 2.05) is 27.7 Å². The van der Waals surface area contributed by atoms with E-state index in [-0.39, 0.29) is 23.6 Å². The monoisotopic (exact) mass is 617 g/mol. The van der Waals surface area contributed by atoms with Crippen molar-refractivity contribution in [2.75, 3.05) is 39.3 Å². The van der Waals surface area contributed by atoms with Crippen molar-refractivity contribution in [1.29, 1.82) is 0 Å². The van der Waals surface area contributed by atoms with Gasteiger partial charge in [0.1, 0.15) is 4.83 Å². The van der Waals surface area contributed by atoms with E-state index < -0.39 is 5.41 Å². The van der Waals surface area contributed by atoms with Gasteiger partial charge in [-0.2, -0.15) is 0 Å². The quantitative estimate of drug-likeness (QED) is 0.320. The Morgan fingerprint density at radius 3 is 2.05 bits per heavy atom. The first-order valence-corrected chi connectivity index (χ1v) is 17.1. The Morgan fingerprint density at radius 1 is 0.909 bits per heavy atom. The highest BCUT2D eigenvalue weighted by atomic mass is 32.1. The molecule has 3 aromatic rings. The molecule has 2 N–H and O–H groups in total. The summed E-state index contributed by atoms with van der Waals surface area (Å²) in [5.41, 5.74) is 4.24. The smallest absolute Gasteiger partial charge is 0.234 e. The number of nitrogens with zero attached hydrogens (tertiary/aromatic N) is 3. The van der Waals surface area contributed by atoms with E-state index in [0.29, 0.717) is 25.2 Å². The number of rotatable bonds is 9. The van der Waals surface area contributed by atoms with Gasteiger partial charge in [0.15, 0.2) is 5.78 Å². The summed E-state index contributed by atoms with van der Waals surface area (Å²) in [6.45, 7) is 15.9. The van der Waals surface area contributed by atoms with Gasteiger partial charge in [0.2, 0.25) is 11.8 Å². The summed E-state index contributed by atoms with van der Waals surface area (Å²) in [4.78, 5) is 52.5. The molecule has 0 radical (unpaired) electrons. The third-order valence-corrected chi connectivity index (χ3v) is 11.1. The van der Waals surface area contributed by atoms with Gasteiger partial charge in [0.25, 0.3) is 0 Å². The molecule has 6 rings (SSSR count). The van der Waals surface area contributed by atoms with Crippen LogP contribution in [0.5, 0.6) is 0 Å². The van der Waals surface area contributed by atoms with Gasteiger partial charge in [0.05, 0.1) is 29.8 Å². The van der Waals surface area contributed by atoms with Crippen LogP contribution >= 0.6 is 11.3 Å². The third-order valence-electron chi connectivity index (χ3n) is 9.77. The number of carbonyl (C=O) groups is 3. The number of benzene rings is 1. The van der Waals surface area contributed by atoms with Gasteiger partial charge in [-0.05, 0) is 91.0 Å². The van der Waals surface area contributed by atoms with Crippen molar-refractivity contribution in [3.63, 3.8) is 0 Å². The summed E-state index contributed by atoms with van der Waals surface area (Å²) < 4.78 is 0. The number of hydrogen-bond donors (Lipinski definition) is 2. The van der Waals surface area contributed by atoms with Crippen molar-refractivity contribution in [2.45, 2.75) is 90.8 Å². The standard InChI is InChI=1S/C35H47N5O3S/c1-21(2)36-30(42)20-39-13-11-38(12-14-39)19-28(41)31-27-18-29(35(5,6)34(43)40-25-7-8-26(40)10-9-25)44-33(27)37-32(31)24-16-22(3)15-23(4)17-24/h15-18,21,25-26,37H,7-14,19-20H2,1-6H3,(H,36,42). The predicted octanol–water partition coefficient (Wildman–Crippen LogP) is 5.27. The van der Waals surface area contributed by atoms with E-state index in [9.17, 15) is 14.4 Å². The van der Waals surface area contributed by atoms with E-state index >= 15 is 0 Å². The number of H-pyrrole nitrogens is 1. The average molecular weight is 618 g/mol. The first kappa shape index (κ1) is 31.0. The van der Waals surface area contributed by atoms with Gasteiger partial charge in [-0.3, -0.25) is 24.2 Å².